The summed E-state index contributed by atoms with van der Waals surface area (Å²) >= 11 is 0. The smallest absolute Gasteiger partial charge is 0.238 e. The van der Waals surface area contributed by atoms with Crippen LogP contribution in [0.2, 0.25) is 0 Å². The standard InChI is InChI=1S/C16H24N2O/c1-12-5-4-6-18(10-12)11-16(19)17-15-8-13(2)7-14(3)9-15/h7-9,12H,4-6,10-11H2,1-3H3,(H,17,19). The number of benzene rings is 1. The van der Waals surface area contributed by atoms with Crippen molar-refractivity contribution in [3.63, 3.8) is 0 Å². The van der Waals surface area contributed by atoms with Crippen LogP contribution in [0.15, 0.2) is 18.2 Å². The lowest BCUT2D eigenvalue weighted by Gasteiger charge is -2.30. The molecular formula is C16H24N2O. The molecule has 1 saturated heterocycles. The van der Waals surface area contributed by atoms with E-state index in [0.717, 1.165) is 18.8 Å². The number of piperidine rings is 1. The van der Waals surface area contributed by atoms with E-state index < -0.39 is 0 Å². The van der Waals surface area contributed by atoms with Crippen molar-refractivity contribution in [2.45, 2.75) is 33.6 Å². The molecule has 1 aliphatic rings. The summed E-state index contributed by atoms with van der Waals surface area (Å²) in [4.78, 5) is 14.3. The lowest BCUT2D eigenvalue weighted by Crippen LogP contribution is -2.39. The molecule has 1 heterocycles. The minimum absolute atomic E-state index is 0.0964. The monoisotopic (exact) mass is 260 g/mol. The van der Waals surface area contributed by atoms with E-state index in [2.05, 4.69) is 37.1 Å². The van der Waals surface area contributed by atoms with Gasteiger partial charge in [-0.15, -0.1) is 0 Å². The van der Waals surface area contributed by atoms with E-state index in [-0.39, 0.29) is 5.91 Å². The summed E-state index contributed by atoms with van der Waals surface area (Å²) in [7, 11) is 0. The van der Waals surface area contributed by atoms with Gasteiger partial charge >= 0.3 is 0 Å². The van der Waals surface area contributed by atoms with Crippen LogP contribution in [-0.2, 0) is 4.79 Å². The number of hydrogen-bond donors (Lipinski definition) is 1. The molecule has 2 rings (SSSR count). The van der Waals surface area contributed by atoms with E-state index in [1.54, 1.807) is 0 Å². The number of carbonyl (C=O) groups excluding carboxylic acids is 1. The van der Waals surface area contributed by atoms with Gasteiger partial charge in [0.1, 0.15) is 0 Å². The summed E-state index contributed by atoms with van der Waals surface area (Å²) in [5.41, 5.74) is 3.27. The molecule has 0 aliphatic carbocycles. The number of anilines is 1. The third kappa shape index (κ3) is 4.35. The van der Waals surface area contributed by atoms with Crippen molar-refractivity contribution in [1.29, 1.82) is 0 Å². The van der Waals surface area contributed by atoms with Gasteiger partial charge in [-0.1, -0.05) is 13.0 Å². The van der Waals surface area contributed by atoms with Crippen LogP contribution in [0.1, 0.15) is 30.9 Å². The largest absolute Gasteiger partial charge is 0.325 e. The van der Waals surface area contributed by atoms with Gasteiger partial charge in [0.25, 0.3) is 0 Å². The molecule has 0 aromatic heterocycles. The Morgan fingerprint density at radius 2 is 2.00 bits per heavy atom. The first-order chi connectivity index (χ1) is 9.02. The Balaban J connectivity index is 1.90. The third-order valence-corrected chi connectivity index (χ3v) is 3.61. The Morgan fingerprint density at radius 1 is 1.32 bits per heavy atom. The fourth-order valence-corrected chi connectivity index (χ4v) is 2.88. The predicted molar refractivity (Wildman–Crippen MR) is 79.4 cm³/mol. The van der Waals surface area contributed by atoms with Gasteiger partial charge in [0, 0.05) is 12.2 Å². The highest BCUT2D eigenvalue weighted by Crippen LogP contribution is 2.16. The quantitative estimate of drug-likeness (QED) is 0.906. The average Bonchev–Trinajstić information content (AvgIpc) is 2.26. The van der Waals surface area contributed by atoms with Crippen molar-refractivity contribution in [2.24, 2.45) is 5.92 Å². The molecule has 1 N–H and O–H groups in total. The lowest BCUT2D eigenvalue weighted by atomic mass is 10.0. The summed E-state index contributed by atoms with van der Waals surface area (Å²) in [6.45, 7) is 8.96. The molecule has 3 heteroatoms. The van der Waals surface area contributed by atoms with E-state index in [1.165, 1.54) is 24.0 Å². The summed E-state index contributed by atoms with van der Waals surface area (Å²) < 4.78 is 0. The van der Waals surface area contributed by atoms with Crippen LogP contribution in [0, 0.1) is 19.8 Å². The maximum Gasteiger partial charge on any atom is 0.238 e. The minimum atomic E-state index is 0.0964. The molecule has 1 aromatic carbocycles. The molecular weight excluding hydrogens is 236 g/mol. The summed E-state index contributed by atoms with van der Waals surface area (Å²) in [6.07, 6.45) is 2.49. The normalized spacial score (nSPS) is 20.3. The Labute approximate surface area is 116 Å². The van der Waals surface area contributed by atoms with E-state index in [0.29, 0.717) is 12.5 Å². The molecule has 0 spiro atoms. The first-order valence-corrected chi connectivity index (χ1v) is 7.13. The summed E-state index contributed by atoms with van der Waals surface area (Å²) in [6, 6.07) is 6.15. The van der Waals surface area contributed by atoms with Crippen LogP contribution in [0.4, 0.5) is 5.69 Å². The number of carbonyl (C=O) groups is 1. The molecule has 0 radical (unpaired) electrons. The second-order valence-electron chi connectivity index (χ2n) is 5.91. The first-order valence-electron chi connectivity index (χ1n) is 7.13. The Kier molecular flexibility index (Phi) is 4.59. The van der Waals surface area contributed by atoms with Gasteiger partial charge in [0.15, 0.2) is 0 Å². The van der Waals surface area contributed by atoms with Gasteiger partial charge < -0.3 is 5.32 Å². The molecule has 19 heavy (non-hydrogen) atoms. The fourth-order valence-electron chi connectivity index (χ4n) is 2.88. The van der Waals surface area contributed by atoms with Crippen molar-refractivity contribution in [3.05, 3.63) is 29.3 Å². The number of likely N-dealkylation sites (tertiary alicyclic amines) is 1. The molecule has 1 atom stereocenters. The van der Waals surface area contributed by atoms with Crippen molar-refractivity contribution in [2.75, 3.05) is 25.0 Å². The van der Waals surface area contributed by atoms with Gasteiger partial charge in [0.2, 0.25) is 5.91 Å². The molecule has 1 amide bonds. The van der Waals surface area contributed by atoms with Crippen molar-refractivity contribution >= 4 is 11.6 Å². The van der Waals surface area contributed by atoms with Crippen molar-refractivity contribution < 1.29 is 4.79 Å². The zero-order chi connectivity index (χ0) is 13.8. The summed E-state index contributed by atoms with van der Waals surface area (Å²) in [5.74, 6) is 0.807. The predicted octanol–water partition coefficient (Wildman–Crippen LogP) is 2.97. The minimum Gasteiger partial charge on any atom is -0.325 e. The van der Waals surface area contributed by atoms with Gasteiger partial charge in [-0.3, -0.25) is 9.69 Å². The van der Waals surface area contributed by atoms with Gasteiger partial charge in [-0.05, 0) is 62.4 Å². The fraction of sp³-hybridized carbons (Fsp3) is 0.562. The lowest BCUT2D eigenvalue weighted by molar-refractivity contribution is -0.117. The molecule has 3 nitrogen and oxygen atoms in total. The molecule has 0 bridgehead atoms. The highest BCUT2D eigenvalue weighted by molar-refractivity contribution is 5.92. The van der Waals surface area contributed by atoms with E-state index in [1.807, 2.05) is 12.1 Å². The Bertz CT molecular complexity index is 436. The van der Waals surface area contributed by atoms with Crippen molar-refractivity contribution in [3.8, 4) is 0 Å². The highest BCUT2D eigenvalue weighted by Gasteiger charge is 2.18. The number of rotatable bonds is 3. The third-order valence-electron chi connectivity index (χ3n) is 3.61. The Hall–Kier alpha value is -1.35. The number of hydrogen-bond acceptors (Lipinski definition) is 2. The molecule has 1 aromatic rings. The number of nitrogens with one attached hydrogen (secondary N) is 1. The average molecular weight is 260 g/mol. The van der Waals surface area contributed by atoms with Gasteiger partial charge in [-0.2, -0.15) is 0 Å². The SMILES string of the molecule is Cc1cc(C)cc(NC(=O)CN2CCCC(C)C2)c1. The van der Waals surface area contributed by atoms with E-state index in [9.17, 15) is 4.79 Å². The zero-order valence-electron chi connectivity index (χ0n) is 12.2. The van der Waals surface area contributed by atoms with Crippen LogP contribution >= 0.6 is 0 Å². The highest BCUT2D eigenvalue weighted by atomic mass is 16.2. The molecule has 1 aliphatic heterocycles. The number of amides is 1. The van der Waals surface area contributed by atoms with Crippen LogP contribution in [-0.4, -0.2) is 30.4 Å². The topological polar surface area (TPSA) is 32.3 Å². The van der Waals surface area contributed by atoms with Gasteiger partial charge in [-0.25, -0.2) is 0 Å². The van der Waals surface area contributed by atoms with Crippen LogP contribution in [0.25, 0.3) is 0 Å². The summed E-state index contributed by atoms with van der Waals surface area (Å²) in [5, 5.41) is 3.01. The number of aryl methyl sites for hydroxylation is 2. The first kappa shape index (κ1) is 14.1. The zero-order valence-corrected chi connectivity index (χ0v) is 12.2. The van der Waals surface area contributed by atoms with Crippen LogP contribution < -0.4 is 5.32 Å². The molecule has 104 valence electrons. The van der Waals surface area contributed by atoms with E-state index in [4.69, 9.17) is 0 Å². The number of nitrogens with zero attached hydrogens (tertiary/aromatic N) is 1. The Morgan fingerprint density at radius 3 is 2.63 bits per heavy atom. The second kappa shape index (κ2) is 6.20. The molecule has 0 saturated carbocycles. The van der Waals surface area contributed by atoms with Gasteiger partial charge in [0.05, 0.1) is 6.54 Å². The van der Waals surface area contributed by atoms with Crippen LogP contribution in [0.3, 0.4) is 0 Å². The second-order valence-corrected chi connectivity index (χ2v) is 5.91. The molecule has 1 fully saturated rings. The van der Waals surface area contributed by atoms with E-state index >= 15 is 0 Å². The van der Waals surface area contributed by atoms with Crippen molar-refractivity contribution in [1.82, 2.24) is 4.90 Å². The maximum atomic E-state index is 12.1. The maximum absolute atomic E-state index is 12.1. The molecule has 1 unspecified atom stereocenters. The van der Waals surface area contributed by atoms with Crippen LogP contribution in [0.5, 0.6) is 0 Å².